The number of anilines is 1. The molecule has 2 N–H and O–H groups in total. The van der Waals surface area contributed by atoms with Crippen molar-refractivity contribution in [2.75, 3.05) is 18.4 Å². The molecule has 0 aromatic heterocycles. The molecule has 0 saturated heterocycles. The Hall–Kier alpha value is -1.80. The summed E-state index contributed by atoms with van der Waals surface area (Å²) in [4.78, 5) is 0. The fraction of sp³-hybridized carbons (Fsp3) is 0.538. The van der Waals surface area contributed by atoms with Crippen molar-refractivity contribution < 1.29 is 0 Å². The summed E-state index contributed by atoms with van der Waals surface area (Å²) in [5.74, 6) is 0.649. The lowest BCUT2D eigenvalue weighted by Crippen LogP contribution is -2.30. The van der Waals surface area contributed by atoms with E-state index in [9.17, 15) is 0 Å². The molecule has 4 rings (SSSR count). The van der Waals surface area contributed by atoms with Crippen LogP contribution in [-0.4, -0.2) is 13.1 Å². The Morgan fingerprint density at radius 2 is 1.79 bits per heavy atom. The fourth-order valence-electron chi connectivity index (χ4n) is 5.13. The average Bonchev–Trinajstić information content (AvgIpc) is 2.91. The van der Waals surface area contributed by atoms with Crippen molar-refractivity contribution in [2.24, 2.45) is 16.7 Å². The van der Waals surface area contributed by atoms with E-state index in [2.05, 4.69) is 80.8 Å². The van der Waals surface area contributed by atoms with Crippen LogP contribution in [0.1, 0.15) is 56.4 Å². The van der Waals surface area contributed by atoms with Crippen molar-refractivity contribution >= 4 is 5.69 Å². The maximum absolute atomic E-state index is 3.65. The maximum atomic E-state index is 3.65. The van der Waals surface area contributed by atoms with Gasteiger partial charge in [0.05, 0.1) is 0 Å². The van der Waals surface area contributed by atoms with Gasteiger partial charge in [0.25, 0.3) is 0 Å². The molecule has 2 aliphatic rings. The van der Waals surface area contributed by atoms with Crippen LogP contribution in [0.15, 0.2) is 42.5 Å². The number of para-hydroxylation sites is 1. The predicted octanol–water partition coefficient (Wildman–Crippen LogP) is 5.60. The van der Waals surface area contributed by atoms with Gasteiger partial charge in [-0.3, -0.25) is 0 Å². The van der Waals surface area contributed by atoms with Crippen molar-refractivity contribution in [2.45, 2.75) is 59.9 Å². The molecule has 0 bridgehead atoms. The molecule has 2 aromatic rings. The van der Waals surface area contributed by atoms with Crippen LogP contribution >= 0.6 is 0 Å². The molecule has 2 heterocycles. The number of hydrogen-bond acceptors (Lipinski definition) is 2. The third kappa shape index (κ3) is 4.12. The van der Waals surface area contributed by atoms with E-state index >= 15 is 0 Å². The number of benzene rings is 2. The van der Waals surface area contributed by atoms with E-state index in [0.29, 0.717) is 16.7 Å². The molecule has 2 unspecified atom stereocenters. The Balaban J connectivity index is 1.53. The molecular weight excluding hydrogens is 340 g/mol. The van der Waals surface area contributed by atoms with Gasteiger partial charge in [-0.25, -0.2) is 0 Å². The number of hydrogen-bond donors (Lipinski definition) is 2. The summed E-state index contributed by atoms with van der Waals surface area (Å²) in [6, 6.07) is 16.1. The molecule has 0 saturated carbocycles. The summed E-state index contributed by atoms with van der Waals surface area (Å²) in [6.07, 6.45) is 4.73. The van der Waals surface area contributed by atoms with Gasteiger partial charge in [-0.2, -0.15) is 0 Å². The zero-order valence-corrected chi connectivity index (χ0v) is 18.1. The number of rotatable bonds is 3. The van der Waals surface area contributed by atoms with Crippen LogP contribution in [0.3, 0.4) is 0 Å². The van der Waals surface area contributed by atoms with Crippen molar-refractivity contribution in [1.82, 2.24) is 5.32 Å². The Labute approximate surface area is 171 Å². The molecule has 150 valence electrons. The van der Waals surface area contributed by atoms with Gasteiger partial charge in [-0.05, 0) is 70.8 Å². The Morgan fingerprint density at radius 1 is 0.964 bits per heavy atom. The van der Waals surface area contributed by atoms with Gasteiger partial charge in [0.15, 0.2) is 0 Å². The van der Waals surface area contributed by atoms with Crippen molar-refractivity contribution in [1.29, 1.82) is 0 Å². The minimum atomic E-state index is 0.327. The van der Waals surface area contributed by atoms with E-state index < -0.39 is 0 Å². The molecule has 28 heavy (non-hydrogen) atoms. The summed E-state index contributed by atoms with van der Waals surface area (Å²) >= 11 is 0. The van der Waals surface area contributed by atoms with Crippen LogP contribution < -0.4 is 10.6 Å². The first-order valence-corrected chi connectivity index (χ1v) is 11.0. The average molecular weight is 377 g/mol. The smallest absolute Gasteiger partial charge is 0.0372 e. The second kappa shape index (κ2) is 7.55. The SMILES string of the molecule is CC(Cc1ccc2c(c1)CC(C)(C)CNC2)C1(C)CCNc2ccccc2C1. The fourth-order valence-corrected chi connectivity index (χ4v) is 5.13. The van der Waals surface area contributed by atoms with E-state index in [4.69, 9.17) is 0 Å². The van der Waals surface area contributed by atoms with Crippen molar-refractivity contribution in [3.63, 3.8) is 0 Å². The van der Waals surface area contributed by atoms with Gasteiger partial charge in [0, 0.05) is 25.3 Å². The number of fused-ring (bicyclic) bond motifs is 2. The van der Waals surface area contributed by atoms with Crippen molar-refractivity contribution in [3.05, 3.63) is 64.7 Å². The second-order valence-electron chi connectivity index (χ2n) is 10.3. The van der Waals surface area contributed by atoms with Crippen molar-refractivity contribution in [3.8, 4) is 0 Å². The minimum absolute atomic E-state index is 0.327. The Morgan fingerprint density at radius 3 is 2.64 bits per heavy atom. The summed E-state index contributed by atoms with van der Waals surface area (Å²) in [7, 11) is 0. The van der Waals surface area contributed by atoms with Crippen LogP contribution in [0.2, 0.25) is 0 Å². The summed E-state index contributed by atoms with van der Waals surface area (Å²) in [6.45, 7) is 12.9. The third-order valence-corrected chi connectivity index (χ3v) is 7.21. The quantitative estimate of drug-likeness (QED) is 0.728. The minimum Gasteiger partial charge on any atom is -0.385 e. The van der Waals surface area contributed by atoms with Gasteiger partial charge in [0.1, 0.15) is 0 Å². The van der Waals surface area contributed by atoms with Gasteiger partial charge >= 0.3 is 0 Å². The first kappa shape index (κ1) is 19.5. The molecule has 2 atom stereocenters. The molecule has 0 amide bonds. The highest BCUT2D eigenvalue weighted by molar-refractivity contribution is 5.52. The molecule has 0 radical (unpaired) electrons. The zero-order valence-electron chi connectivity index (χ0n) is 18.1. The highest BCUT2D eigenvalue weighted by atomic mass is 14.9. The lowest BCUT2D eigenvalue weighted by atomic mass is 9.69. The normalized spacial score (nSPS) is 24.9. The summed E-state index contributed by atoms with van der Waals surface area (Å²) in [5.41, 5.74) is 8.02. The van der Waals surface area contributed by atoms with E-state index in [-0.39, 0.29) is 0 Å². The van der Waals surface area contributed by atoms with Crippen LogP contribution in [0.5, 0.6) is 0 Å². The second-order valence-corrected chi connectivity index (χ2v) is 10.3. The summed E-state index contributed by atoms with van der Waals surface area (Å²) in [5, 5.41) is 7.27. The summed E-state index contributed by atoms with van der Waals surface area (Å²) < 4.78 is 0. The molecule has 2 aromatic carbocycles. The van der Waals surface area contributed by atoms with E-state index in [1.54, 1.807) is 5.56 Å². The monoisotopic (exact) mass is 376 g/mol. The maximum Gasteiger partial charge on any atom is 0.0372 e. The highest BCUT2D eigenvalue weighted by Crippen LogP contribution is 2.41. The van der Waals surface area contributed by atoms with E-state index in [0.717, 1.165) is 19.6 Å². The lowest BCUT2D eigenvalue weighted by Gasteiger charge is -2.35. The molecule has 0 fully saturated rings. The molecule has 2 nitrogen and oxygen atoms in total. The van der Waals surface area contributed by atoms with Gasteiger partial charge in [-0.1, -0.05) is 64.1 Å². The molecular formula is C26H36N2. The van der Waals surface area contributed by atoms with E-state index in [1.165, 1.54) is 48.1 Å². The molecule has 0 aliphatic carbocycles. The molecule has 0 spiro atoms. The van der Waals surface area contributed by atoms with Gasteiger partial charge in [-0.15, -0.1) is 0 Å². The first-order valence-electron chi connectivity index (χ1n) is 11.0. The van der Waals surface area contributed by atoms with Crippen LogP contribution in [0.25, 0.3) is 0 Å². The Kier molecular flexibility index (Phi) is 5.26. The largest absolute Gasteiger partial charge is 0.385 e. The highest BCUT2D eigenvalue weighted by Gasteiger charge is 2.33. The van der Waals surface area contributed by atoms with Crippen LogP contribution in [0, 0.1) is 16.7 Å². The van der Waals surface area contributed by atoms with E-state index in [1.807, 2.05) is 0 Å². The standard InChI is InChI=1S/C26H36N2/c1-19(26(4)11-12-28-24-8-6-5-7-21(24)16-26)13-20-9-10-22-17-27-18-25(2,3)15-23(22)14-20/h5-10,14,19,27-28H,11-13,15-18H2,1-4H3. The molecule has 2 heteroatoms. The number of nitrogens with one attached hydrogen (secondary N) is 2. The lowest BCUT2D eigenvalue weighted by molar-refractivity contribution is 0.189. The first-order chi connectivity index (χ1) is 13.3. The predicted molar refractivity (Wildman–Crippen MR) is 120 cm³/mol. The zero-order chi connectivity index (χ0) is 19.8. The van der Waals surface area contributed by atoms with Gasteiger partial charge < -0.3 is 10.6 Å². The Bertz CT molecular complexity index is 838. The van der Waals surface area contributed by atoms with Gasteiger partial charge in [0.2, 0.25) is 0 Å². The van der Waals surface area contributed by atoms with Crippen LogP contribution in [0.4, 0.5) is 5.69 Å². The van der Waals surface area contributed by atoms with Crippen LogP contribution in [-0.2, 0) is 25.8 Å². The third-order valence-electron chi connectivity index (χ3n) is 7.21. The topological polar surface area (TPSA) is 24.1 Å². The molecule has 2 aliphatic heterocycles.